The van der Waals surface area contributed by atoms with E-state index in [4.69, 9.17) is 5.26 Å². The lowest BCUT2D eigenvalue weighted by Gasteiger charge is -2.14. The third kappa shape index (κ3) is 4.95. The Morgan fingerprint density at radius 3 is 2.44 bits per heavy atom. The molecule has 0 fully saturated rings. The summed E-state index contributed by atoms with van der Waals surface area (Å²) < 4.78 is 38.2. The number of benzene rings is 2. The van der Waals surface area contributed by atoms with Crippen LogP contribution < -0.4 is 5.32 Å². The summed E-state index contributed by atoms with van der Waals surface area (Å²) in [5.41, 5.74) is -0.111. The quantitative estimate of drug-likeness (QED) is 0.656. The van der Waals surface area contributed by atoms with Gasteiger partial charge in [-0.15, -0.1) is 0 Å². The molecular weight excluding hydrogens is 329 g/mol. The zero-order chi connectivity index (χ0) is 18.4. The van der Waals surface area contributed by atoms with Gasteiger partial charge in [0.1, 0.15) is 11.6 Å². The summed E-state index contributed by atoms with van der Waals surface area (Å²) in [6, 6.07) is 15.0. The van der Waals surface area contributed by atoms with Gasteiger partial charge in [0.25, 0.3) is 5.91 Å². The molecule has 0 heterocycles. The molecule has 1 amide bonds. The van der Waals surface area contributed by atoms with E-state index in [1.807, 2.05) is 30.3 Å². The van der Waals surface area contributed by atoms with Crippen molar-refractivity contribution >= 4 is 12.0 Å². The molecule has 0 bridgehead atoms. The fourth-order valence-electron chi connectivity index (χ4n) is 2.22. The van der Waals surface area contributed by atoms with Gasteiger partial charge >= 0.3 is 6.18 Å². The van der Waals surface area contributed by atoms with Crippen LogP contribution in [0.4, 0.5) is 13.2 Å². The Bertz CT molecular complexity index is 821. The second kappa shape index (κ2) is 7.67. The average molecular weight is 344 g/mol. The summed E-state index contributed by atoms with van der Waals surface area (Å²) in [6.45, 7) is 1.76. The first kappa shape index (κ1) is 18.3. The summed E-state index contributed by atoms with van der Waals surface area (Å²) in [6.07, 6.45) is -3.34. The molecule has 2 aromatic rings. The normalized spacial score (nSPS) is 13.0. The van der Waals surface area contributed by atoms with Crippen molar-refractivity contribution in [3.8, 4) is 6.07 Å². The Labute approximate surface area is 143 Å². The van der Waals surface area contributed by atoms with Crippen LogP contribution in [0.25, 0.3) is 6.08 Å². The second-order valence-corrected chi connectivity index (χ2v) is 5.40. The lowest BCUT2D eigenvalue weighted by Crippen LogP contribution is -2.27. The van der Waals surface area contributed by atoms with Gasteiger partial charge in [0.2, 0.25) is 0 Å². The molecule has 0 aliphatic carbocycles. The van der Waals surface area contributed by atoms with Gasteiger partial charge in [-0.2, -0.15) is 18.4 Å². The zero-order valence-electron chi connectivity index (χ0n) is 13.3. The highest BCUT2D eigenvalue weighted by atomic mass is 19.4. The van der Waals surface area contributed by atoms with Crippen molar-refractivity contribution < 1.29 is 18.0 Å². The molecule has 0 unspecified atom stereocenters. The fourth-order valence-corrected chi connectivity index (χ4v) is 2.22. The van der Waals surface area contributed by atoms with Gasteiger partial charge in [0.15, 0.2) is 0 Å². The number of carbonyl (C=O) groups is 1. The molecule has 0 saturated heterocycles. The number of carbonyl (C=O) groups excluding carboxylic acids is 1. The van der Waals surface area contributed by atoms with Crippen molar-refractivity contribution in [1.82, 2.24) is 5.32 Å². The molecule has 0 aliphatic rings. The van der Waals surface area contributed by atoms with E-state index in [0.717, 1.165) is 23.8 Å². The maximum absolute atomic E-state index is 12.7. The van der Waals surface area contributed by atoms with E-state index in [9.17, 15) is 18.0 Å². The minimum atomic E-state index is -4.49. The first-order valence-electron chi connectivity index (χ1n) is 7.46. The maximum atomic E-state index is 12.7. The molecule has 128 valence electrons. The van der Waals surface area contributed by atoms with Crippen molar-refractivity contribution in [2.24, 2.45) is 0 Å². The summed E-state index contributed by atoms with van der Waals surface area (Å²) in [5.74, 6) is -0.642. The molecule has 0 aromatic heterocycles. The van der Waals surface area contributed by atoms with Crippen molar-refractivity contribution in [3.63, 3.8) is 0 Å². The Morgan fingerprint density at radius 1 is 1.16 bits per heavy atom. The van der Waals surface area contributed by atoms with Gasteiger partial charge in [-0.05, 0) is 36.3 Å². The van der Waals surface area contributed by atoms with Gasteiger partial charge in [-0.1, -0.05) is 42.5 Å². The average Bonchev–Trinajstić information content (AvgIpc) is 2.59. The van der Waals surface area contributed by atoms with Crippen LogP contribution in [0.5, 0.6) is 0 Å². The van der Waals surface area contributed by atoms with Gasteiger partial charge in [-0.25, -0.2) is 0 Å². The first-order chi connectivity index (χ1) is 11.8. The number of hydrogen-bond acceptors (Lipinski definition) is 2. The van der Waals surface area contributed by atoms with E-state index in [1.165, 1.54) is 12.1 Å². The van der Waals surface area contributed by atoms with Crippen LogP contribution >= 0.6 is 0 Å². The van der Waals surface area contributed by atoms with Crippen molar-refractivity contribution in [3.05, 3.63) is 76.9 Å². The van der Waals surface area contributed by atoms with Crippen LogP contribution in [-0.4, -0.2) is 5.91 Å². The molecule has 1 atom stereocenters. The minimum Gasteiger partial charge on any atom is -0.345 e. The summed E-state index contributed by atoms with van der Waals surface area (Å²) in [7, 11) is 0. The number of rotatable bonds is 4. The van der Waals surface area contributed by atoms with Gasteiger partial charge in [0, 0.05) is 0 Å². The Kier molecular flexibility index (Phi) is 5.60. The number of alkyl halides is 3. The number of halogens is 3. The van der Waals surface area contributed by atoms with Crippen molar-refractivity contribution in [2.75, 3.05) is 0 Å². The predicted molar refractivity (Wildman–Crippen MR) is 88.0 cm³/mol. The van der Waals surface area contributed by atoms with Crippen LogP contribution in [0.3, 0.4) is 0 Å². The minimum absolute atomic E-state index is 0.133. The van der Waals surface area contributed by atoms with Gasteiger partial charge < -0.3 is 5.32 Å². The fraction of sp³-hybridized carbons (Fsp3) is 0.158. The Morgan fingerprint density at radius 2 is 1.84 bits per heavy atom. The van der Waals surface area contributed by atoms with Crippen LogP contribution in [0.15, 0.2) is 60.2 Å². The molecule has 0 radical (unpaired) electrons. The number of hydrogen-bond donors (Lipinski definition) is 1. The largest absolute Gasteiger partial charge is 0.416 e. The van der Waals surface area contributed by atoms with Gasteiger partial charge in [-0.3, -0.25) is 4.79 Å². The molecule has 6 heteroatoms. The number of nitriles is 1. The summed E-state index contributed by atoms with van der Waals surface area (Å²) >= 11 is 0. The van der Waals surface area contributed by atoms with Crippen LogP contribution in [0.2, 0.25) is 0 Å². The number of nitrogens with one attached hydrogen (secondary N) is 1. The van der Waals surface area contributed by atoms with Crippen LogP contribution in [0.1, 0.15) is 29.7 Å². The highest BCUT2D eigenvalue weighted by Crippen LogP contribution is 2.30. The maximum Gasteiger partial charge on any atom is 0.416 e. The summed E-state index contributed by atoms with van der Waals surface area (Å²) in [4.78, 5) is 12.2. The Balaban J connectivity index is 2.20. The molecule has 0 spiro atoms. The molecule has 0 saturated carbocycles. The van der Waals surface area contributed by atoms with Crippen LogP contribution in [-0.2, 0) is 11.0 Å². The molecular formula is C19H15F3N2O. The number of nitrogens with zero attached hydrogens (tertiary/aromatic N) is 1. The second-order valence-electron chi connectivity index (χ2n) is 5.40. The lowest BCUT2D eigenvalue weighted by molar-refractivity contribution is -0.137. The van der Waals surface area contributed by atoms with E-state index >= 15 is 0 Å². The third-order valence-corrected chi connectivity index (χ3v) is 3.54. The standard InChI is InChI=1S/C19H15F3N2O/c1-13(15-7-3-2-4-8-15)24-18(25)16(12-23)10-14-6-5-9-17(11-14)19(20,21)22/h2-11,13H,1H3,(H,24,25)/b16-10-/t13-/m1/s1. The molecule has 2 aromatic carbocycles. The number of amides is 1. The lowest BCUT2D eigenvalue weighted by atomic mass is 10.1. The molecule has 3 nitrogen and oxygen atoms in total. The predicted octanol–water partition coefficient (Wildman–Crippen LogP) is 4.49. The first-order valence-corrected chi connectivity index (χ1v) is 7.46. The van der Waals surface area contributed by atoms with Crippen molar-refractivity contribution in [2.45, 2.75) is 19.1 Å². The van der Waals surface area contributed by atoms with E-state index in [-0.39, 0.29) is 17.2 Å². The highest BCUT2D eigenvalue weighted by molar-refractivity contribution is 6.01. The zero-order valence-corrected chi connectivity index (χ0v) is 13.3. The van der Waals surface area contributed by atoms with E-state index in [0.29, 0.717) is 0 Å². The van der Waals surface area contributed by atoms with E-state index in [2.05, 4.69) is 5.32 Å². The highest BCUT2D eigenvalue weighted by Gasteiger charge is 2.30. The van der Waals surface area contributed by atoms with Gasteiger partial charge in [0.05, 0.1) is 11.6 Å². The third-order valence-electron chi connectivity index (χ3n) is 3.54. The van der Waals surface area contributed by atoms with E-state index in [1.54, 1.807) is 13.0 Å². The monoisotopic (exact) mass is 344 g/mol. The smallest absolute Gasteiger partial charge is 0.345 e. The molecule has 0 aliphatic heterocycles. The van der Waals surface area contributed by atoms with Crippen LogP contribution in [0, 0.1) is 11.3 Å². The van der Waals surface area contributed by atoms with E-state index < -0.39 is 17.6 Å². The molecule has 1 N–H and O–H groups in total. The molecule has 25 heavy (non-hydrogen) atoms. The molecule has 2 rings (SSSR count). The Hall–Kier alpha value is -3.07. The topological polar surface area (TPSA) is 52.9 Å². The van der Waals surface area contributed by atoms with Crippen molar-refractivity contribution in [1.29, 1.82) is 5.26 Å². The SMILES string of the molecule is C[C@@H](NC(=O)/C(C#N)=C\c1cccc(C(F)(F)F)c1)c1ccccc1. The summed E-state index contributed by atoms with van der Waals surface area (Å²) in [5, 5.41) is 11.8.